The van der Waals surface area contributed by atoms with E-state index in [9.17, 15) is 4.57 Å². The van der Waals surface area contributed by atoms with Crippen molar-refractivity contribution in [2.45, 2.75) is 0 Å². The lowest BCUT2D eigenvalue weighted by atomic mass is 10.3. The predicted molar refractivity (Wildman–Crippen MR) is 77.1 cm³/mol. The lowest BCUT2D eigenvalue weighted by Crippen LogP contribution is -1.90. The Balaban J connectivity index is 2.06. The largest absolute Gasteiger partial charge is 0.805 e. The van der Waals surface area contributed by atoms with E-state index >= 15 is 0 Å². The zero-order valence-corrected chi connectivity index (χ0v) is 13.1. The molecule has 0 fully saturated rings. The SMILES string of the molecule is O=[P+](Oc1ccccc1Br)Oc1ccccc1Br. The number of para-hydroxylation sites is 2. The Hall–Kier alpha value is -0.900. The molecule has 0 amide bonds. The molecule has 2 aromatic rings. The third kappa shape index (κ3) is 3.55. The Labute approximate surface area is 122 Å². The van der Waals surface area contributed by atoms with Gasteiger partial charge in [0, 0.05) is 4.57 Å². The van der Waals surface area contributed by atoms with Gasteiger partial charge in [0.2, 0.25) is 11.5 Å². The molecule has 0 radical (unpaired) electrons. The monoisotopic (exact) mass is 389 g/mol. The van der Waals surface area contributed by atoms with Crippen LogP contribution in [0.15, 0.2) is 57.5 Å². The predicted octanol–water partition coefficient (Wildman–Crippen LogP) is 5.33. The number of benzene rings is 2. The van der Waals surface area contributed by atoms with E-state index in [2.05, 4.69) is 31.9 Å². The van der Waals surface area contributed by atoms with Gasteiger partial charge in [0.05, 0.1) is 8.95 Å². The van der Waals surface area contributed by atoms with Crippen molar-refractivity contribution in [2.75, 3.05) is 0 Å². The summed E-state index contributed by atoms with van der Waals surface area (Å²) in [5, 5.41) is 0. The molecular weight excluding hydrogens is 383 g/mol. The van der Waals surface area contributed by atoms with Gasteiger partial charge in [0.25, 0.3) is 0 Å². The van der Waals surface area contributed by atoms with Crippen LogP contribution in [0.4, 0.5) is 0 Å². The molecule has 6 heteroatoms. The molecule has 0 aromatic heterocycles. The molecule has 0 aliphatic rings. The van der Waals surface area contributed by atoms with E-state index in [1.165, 1.54) is 0 Å². The minimum atomic E-state index is -2.28. The van der Waals surface area contributed by atoms with Gasteiger partial charge in [-0.2, -0.15) is 0 Å². The first kappa shape index (κ1) is 13.5. The molecule has 3 nitrogen and oxygen atoms in total. The zero-order chi connectivity index (χ0) is 13.0. The summed E-state index contributed by atoms with van der Waals surface area (Å²) < 4.78 is 23.6. The van der Waals surface area contributed by atoms with Crippen molar-refractivity contribution < 1.29 is 13.6 Å². The Morgan fingerprint density at radius 1 is 0.778 bits per heavy atom. The molecule has 0 aliphatic heterocycles. The van der Waals surface area contributed by atoms with Gasteiger partial charge in [-0.1, -0.05) is 24.3 Å². The van der Waals surface area contributed by atoms with Crippen molar-refractivity contribution in [3.05, 3.63) is 57.5 Å². The zero-order valence-electron chi connectivity index (χ0n) is 9.05. The van der Waals surface area contributed by atoms with Gasteiger partial charge in [-0.3, -0.25) is 0 Å². The summed E-state index contributed by atoms with van der Waals surface area (Å²) in [5.74, 6) is 0.955. The molecule has 18 heavy (non-hydrogen) atoms. The highest BCUT2D eigenvalue weighted by Crippen LogP contribution is 2.36. The number of hydrogen-bond donors (Lipinski definition) is 0. The highest BCUT2D eigenvalue weighted by Gasteiger charge is 2.26. The van der Waals surface area contributed by atoms with Crippen LogP contribution in [0.5, 0.6) is 11.5 Å². The summed E-state index contributed by atoms with van der Waals surface area (Å²) in [6.45, 7) is 0. The molecule has 0 heterocycles. The molecule has 2 rings (SSSR count). The van der Waals surface area contributed by atoms with Gasteiger partial charge in [-0.15, -0.1) is 0 Å². The standard InChI is InChI=1S/C12H8Br2O3P/c13-9-5-1-3-7-11(9)16-18(15)17-12-8-4-2-6-10(12)14/h1-8H/q+1. The van der Waals surface area contributed by atoms with Crippen molar-refractivity contribution in [3.8, 4) is 11.5 Å². The van der Waals surface area contributed by atoms with Crippen molar-refractivity contribution in [1.82, 2.24) is 0 Å². The quantitative estimate of drug-likeness (QED) is 0.662. The number of halogens is 2. The summed E-state index contributed by atoms with van der Waals surface area (Å²) in [6, 6.07) is 14.3. The fourth-order valence-corrected chi connectivity index (χ4v) is 2.88. The van der Waals surface area contributed by atoms with E-state index in [0.29, 0.717) is 11.5 Å². The van der Waals surface area contributed by atoms with Crippen LogP contribution in [0, 0.1) is 0 Å². The minimum absolute atomic E-state index is 0.477. The van der Waals surface area contributed by atoms with E-state index in [1.807, 2.05) is 12.1 Å². The Bertz CT molecular complexity index is 525. The van der Waals surface area contributed by atoms with Crippen LogP contribution < -0.4 is 9.05 Å². The maximum atomic E-state index is 11.7. The van der Waals surface area contributed by atoms with E-state index < -0.39 is 8.25 Å². The van der Waals surface area contributed by atoms with Crippen molar-refractivity contribution >= 4 is 40.1 Å². The van der Waals surface area contributed by atoms with Gasteiger partial charge in [-0.05, 0) is 56.1 Å². The van der Waals surface area contributed by atoms with Gasteiger partial charge >= 0.3 is 8.25 Å². The van der Waals surface area contributed by atoms with Crippen LogP contribution in [-0.4, -0.2) is 0 Å². The first-order chi connectivity index (χ1) is 8.66. The first-order valence-corrected chi connectivity index (χ1v) is 7.67. The average Bonchev–Trinajstić information content (AvgIpc) is 2.35. The maximum absolute atomic E-state index is 11.7. The second-order valence-electron chi connectivity index (χ2n) is 3.27. The van der Waals surface area contributed by atoms with Crippen LogP contribution in [0.3, 0.4) is 0 Å². The molecule has 0 saturated heterocycles. The number of hydrogen-bond acceptors (Lipinski definition) is 3. The van der Waals surface area contributed by atoms with Crippen LogP contribution >= 0.6 is 40.1 Å². The maximum Gasteiger partial charge on any atom is 0.805 e. The molecule has 0 saturated carbocycles. The van der Waals surface area contributed by atoms with Crippen LogP contribution in [0.25, 0.3) is 0 Å². The summed E-state index contributed by atoms with van der Waals surface area (Å²) in [6.07, 6.45) is 0. The second-order valence-corrected chi connectivity index (χ2v) is 5.79. The minimum Gasteiger partial charge on any atom is -0.221 e. The van der Waals surface area contributed by atoms with Crippen molar-refractivity contribution in [1.29, 1.82) is 0 Å². The lowest BCUT2D eigenvalue weighted by molar-refractivity contribution is 0.413. The fourth-order valence-electron chi connectivity index (χ4n) is 1.22. The summed E-state index contributed by atoms with van der Waals surface area (Å²) in [5.41, 5.74) is 0. The molecule has 0 N–H and O–H groups in total. The van der Waals surface area contributed by atoms with Gasteiger partial charge in [0.15, 0.2) is 0 Å². The van der Waals surface area contributed by atoms with E-state index in [-0.39, 0.29) is 0 Å². The molecular formula is C12H8Br2O3P+. The third-order valence-electron chi connectivity index (χ3n) is 2.02. The highest BCUT2D eigenvalue weighted by atomic mass is 79.9. The Kier molecular flexibility index (Phi) is 4.75. The van der Waals surface area contributed by atoms with Gasteiger partial charge in [0.1, 0.15) is 0 Å². The highest BCUT2D eigenvalue weighted by molar-refractivity contribution is 9.10. The van der Waals surface area contributed by atoms with E-state index in [0.717, 1.165) is 8.95 Å². The molecule has 0 aliphatic carbocycles. The Morgan fingerprint density at radius 2 is 1.17 bits per heavy atom. The lowest BCUT2D eigenvalue weighted by Gasteiger charge is -1.97. The summed E-state index contributed by atoms with van der Waals surface area (Å²) in [4.78, 5) is 0. The molecule has 0 spiro atoms. The second kappa shape index (κ2) is 6.32. The van der Waals surface area contributed by atoms with Crippen molar-refractivity contribution in [2.24, 2.45) is 0 Å². The van der Waals surface area contributed by atoms with E-state index in [4.69, 9.17) is 9.05 Å². The fraction of sp³-hybridized carbons (Fsp3) is 0. The van der Waals surface area contributed by atoms with Crippen molar-refractivity contribution in [3.63, 3.8) is 0 Å². The van der Waals surface area contributed by atoms with Crippen LogP contribution in [-0.2, 0) is 4.57 Å². The summed E-state index contributed by atoms with van der Waals surface area (Å²) in [7, 11) is -2.28. The third-order valence-corrected chi connectivity index (χ3v) is 4.02. The number of rotatable bonds is 4. The molecule has 0 unspecified atom stereocenters. The van der Waals surface area contributed by atoms with Crippen LogP contribution in [0.2, 0.25) is 0 Å². The van der Waals surface area contributed by atoms with Gasteiger partial charge in [-0.25, -0.2) is 9.05 Å². The average molecular weight is 391 g/mol. The normalized spacial score (nSPS) is 9.89. The molecule has 2 aromatic carbocycles. The van der Waals surface area contributed by atoms with E-state index in [1.54, 1.807) is 36.4 Å². The first-order valence-electron chi connectivity index (χ1n) is 4.99. The smallest absolute Gasteiger partial charge is 0.221 e. The topological polar surface area (TPSA) is 35.5 Å². The molecule has 0 atom stereocenters. The molecule has 92 valence electrons. The Morgan fingerprint density at radius 3 is 1.56 bits per heavy atom. The van der Waals surface area contributed by atoms with Crippen LogP contribution in [0.1, 0.15) is 0 Å². The van der Waals surface area contributed by atoms with Gasteiger partial charge < -0.3 is 0 Å². The summed E-state index contributed by atoms with van der Waals surface area (Å²) >= 11 is 6.61. The molecule has 0 bridgehead atoms.